The third-order valence-corrected chi connectivity index (χ3v) is 4.00. The first-order chi connectivity index (χ1) is 9.01. The number of ether oxygens (including phenoxy) is 2. The molecule has 5 nitrogen and oxygen atoms in total. The molecule has 0 amide bonds. The van der Waals surface area contributed by atoms with Gasteiger partial charge in [-0.3, -0.25) is 4.90 Å². The second-order valence-corrected chi connectivity index (χ2v) is 4.95. The van der Waals surface area contributed by atoms with Crippen LogP contribution in [-0.2, 0) is 0 Å². The third kappa shape index (κ3) is 2.29. The predicted molar refractivity (Wildman–Crippen MR) is 71.5 cm³/mol. The fraction of sp³-hybridized carbons (Fsp3) is 0.571. The van der Waals surface area contributed by atoms with Crippen LogP contribution in [0.3, 0.4) is 0 Å². The van der Waals surface area contributed by atoms with Crippen molar-refractivity contribution >= 4 is 0 Å². The molecule has 1 aromatic rings. The Morgan fingerprint density at radius 1 is 1.05 bits per heavy atom. The first-order valence-electron chi connectivity index (χ1n) is 6.31. The molecule has 1 aliphatic heterocycles. The quantitative estimate of drug-likeness (QED) is 0.848. The molecule has 1 saturated heterocycles. The lowest BCUT2D eigenvalue weighted by molar-refractivity contribution is 0.0300. The van der Waals surface area contributed by atoms with Crippen molar-refractivity contribution in [2.75, 3.05) is 21.3 Å². The Labute approximate surface area is 113 Å². The molecule has 0 spiro atoms. The number of benzene rings is 1. The molecule has 4 atom stereocenters. The largest absolute Gasteiger partial charge is 0.493 e. The third-order valence-electron chi connectivity index (χ3n) is 4.00. The molecule has 1 fully saturated rings. The van der Waals surface area contributed by atoms with Gasteiger partial charge in [-0.15, -0.1) is 0 Å². The zero-order valence-corrected chi connectivity index (χ0v) is 11.7. The van der Waals surface area contributed by atoms with Crippen LogP contribution in [-0.4, -0.2) is 54.6 Å². The summed E-state index contributed by atoms with van der Waals surface area (Å²) in [4.78, 5) is 1.97. The number of aliphatic hydroxyl groups excluding tert-OH is 2. The van der Waals surface area contributed by atoms with Gasteiger partial charge in [0.15, 0.2) is 11.5 Å². The summed E-state index contributed by atoms with van der Waals surface area (Å²) in [5.74, 6) is 1.27. The Morgan fingerprint density at radius 3 is 2.16 bits per heavy atom. The lowest BCUT2D eigenvalue weighted by Crippen LogP contribution is -2.30. The molecule has 0 saturated carbocycles. The Bertz CT molecular complexity index is 437. The summed E-state index contributed by atoms with van der Waals surface area (Å²) in [6, 6.07) is 5.20. The fourth-order valence-electron chi connectivity index (χ4n) is 2.68. The number of aliphatic hydroxyl groups is 2. The van der Waals surface area contributed by atoms with E-state index >= 15 is 0 Å². The standard InChI is InChI=1S/C14H21NO4/c1-8-13(16)14(17)12(15(8)2)9-5-6-10(18-3)11(7-9)19-4/h5-8,12-14,16-17H,1-4H3/t8-,12+,13-,14-/m0/s1. The summed E-state index contributed by atoms with van der Waals surface area (Å²) in [5, 5.41) is 20.1. The van der Waals surface area contributed by atoms with Crippen molar-refractivity contribution in [1.82, 2.24) is 4.90 Å². The smallest absolute Gasteiger partial charge is 0.161 e. The van der Waals surface area contributed by atoms with Gasteiger partial charge in [-0.25, -0.2) is 0 Å². The van der Waals surface area contributed by atoms with Gasteiger partial charge in [0, 0.05) is 6.04 Å². The zero-order chi connectivity index (χ0) is 14.2. The predicted octanol–water partition coefficient (Wildman–Crippen LogP) is 0.801. The minimum Gasteiger partial charge on any atom is -0.493 e. The lowest BCUT2D eigenvalue weighted by atomic mass is 10.0. The molecule has 19 heavy (non-hydrogen) atoms. The van der Waals surface area contributed by atoms with Crippen molar-refractivity contribution in [3.63, 3.8) is 0 Å². The first-order valence-corrected chi connectivity index (χ1v) is 6.31. The van der Waals surface area contributed by atoms with Gasteiger partial charge in [0.2, 0.25) is 0 Å². The van der Waals surface area contributed by atoms with Crippen molar-refractivity contribution in [3.8, 4) is 11.5 Å². The van der Waals surface area contributed by atoms with Crippen LogP contribution >= 0.6 is 0 Å². The molecule has 0 aliphatic carbocycles. The van der Waals surface area contributed by atoms with E-state index in [9.17, 15) is 10.2 Å². The lowest BCUT2D eigenvalue weighted by Gasteiger charge is -2.25. The van der Waals surface area contributed by atoms with Gasteiger partial charge in [-0.1, -0.05) is 6.07 Å². The molecule has 1 aliphatic rings. The normalized spacial score (nSPS) is 31.5. The van der Waals surface area contributed by atoms with E-state index in [1.54, 1.807) is 14.2 Å². The highest BCUT2D eigenvalue weighted by atomic mass is 16.5. The van der Waals surface area contributed by atoms with Crippen molar-refractivity contribution in [3.05, 3.63) is 23.8 Å². The van der Waals surface area contributed by atoms with Gasteiger partial charge in [0.05, 0.1) is 26.4 Å². The number of nitrogens with zero attached hydrogens (tertiary/aromatic N) is 1. The summed E-state index contributed by atoms with van der Waals surface area (Å²) < 4.78 is 10.5. The molecule has 0 unspecified atom stereocenters. The molecule has 0 bridgehead atoms. The maximum absolute atomic E-state index is 10.2. The van der Waals surface area contributed by atoms with Crippen LogP contribution in [0, 0.1) is 0 Å². The molecule has 1 heterocycles. The topological polar surface area (TPSA) is 62.2 Å². The molecule has 0 aromatic heterocycles. The Morgan fingerprint density at radius 2 is 1.68 bits per heavy atom. The van der Waals surface area contributed by atoms with Gasteiger partial charge >= 0.3 is 0 Å². The van der Waals surface area contributed by atoms with Crippen LogP contribution in [0.1, 0.15) is 18.5 Å². The van der Waals surface area contributed by atoms with E-state index in [2.05, 4.69) is 0 Å². The monoisotopic (exact) mass is 267 g/mol. The molecule has 5 heteroatoms. The average Bonchev–Trinajstić information content (AvgIpc) is 2.62. The molecule has 106 valence electrons. The number of rotatable bonds is 3. The Balaban J connectivity index is 2.37. The van der Waals surface area contributed by atoms with Crippen LogP contribution < -0.4 is 9.47 Å². The summed E-state index contributed by atoms with van der Waals surface area (Å²) in [7, 11) is 5.05. The molecule has 0 radical (unpaired) electrons. The van der Waals surface area contributed by atoms with Crippen molar-refractivity contribution < 1.29 is 19.7 Å². The second kappa shape index (κ2) is 5.36. The van der Waals surface area contributed by atoms with Crippen LogP contribution in [0.5, 0.6) is 11.5 Å². The molecular formula is C14H21NO4. The van der Waals surface area contributed by atoms with Gasteiger partial charge in [-0.2, -0.15) is 0 Å². The second-order valence-electron chi connectivity index (χ2n) is 4.95. The van der Waals surface area contributed by atoms with E-state index < -0.39 is 12.2 Å². The summed E-state index contributed by atoms with van der Waals surface area (Å²) in [5.41, 5.74) is 0.899. The zero-order valence-electron chi connectivity index (χ0n) is 11.7. The molecular weight excluding hydrogens is 246 g/mol. The highest BCUT2D eigenvalue weighted by Gasteiger charge is 2.44. The molecule has 1 aromatic carbocycles. The van der Waals surface area contributed by atoms with Gasteiger partial charge in [0.25, 0.3) is 0 Å². The number of hydrogen-bond acceptors (Lipinski definition) is 5. The minimum absolute atomic E-state index is 0.0897. The van der Waals surface area contributed by atoms with E-state index in [4.69, 9.17) is 9.47 Å². The van der Waals surface area contributed by atoms with E-state index in [-0.39, 0.29) is 12.1 Å². The molecule has 2 N–H and O–H groups in total. The van der Waals surface area contributed by atoms with Crippen LogP contribution in [0.15, 0.2) is 18.2 Å². The highest BCUT2D eigenvalue weighted by Crippen LogP contribution is 2.38. The maximum atomic E-state index is 10.2. The minimum atomic E-state index is -0.807. The van der Waals surface area contributed by atoms with E-state index in [0.717, 1.165) is 5.56 Å². The van der Waals surface area contributed by atoms with Gasteiger partial charge in [0.1, 0.15) is 6.10 Å². The van der Waals surface area contributed by atoms with Crippen LogP contribution in [0.4, 0.5) is 0 Å². The number of methoxy groups -OCH3 is 2. The fourth-order valence-corrected chi connectivity index (χ4v) is 2.68. The van der Waals surface area contributed by atoms with Crippen molar-refractivity contribution in [2.45, 2.75) is 31.2 Å². The number of likely N-dealkylation sites (N-methyl/N-ethyl adjacent to an activating group) is 1. The van der Waals surface area contributed by atoms with E-state index in [0.29, 0.717) is 11.5 Å². The van der Waals surface area contributed by atoms with Crippen molar-refractivity contribution in [1.29, 1.82) is 0 Å². The average molecular weight is 267 g/mol. The van der Waals surface area contributed by atoms with Crippen LogP contribution in [0.2, 0.25) is 0 Å². The Kier molecular flexibility index (Phi) is 3.99. The van der Waals surface area contributed by atoms with E-state index in [1.165, 1.54) is 0 Å². The number of likely N-dealkylation sites (tertiary alicyclic amines) is 1. The van der Waals surface area contributed by atoms with Crippen molar-refractivity contribution in [2.24, 2.45) is 0 Å². The summed E-state index contributed by atoms with van der Waals surface area (Å²) in [6.07, 6.45) is -1.55. The van der Waals surface area contributed by atoms with Crippen LogP contribution in [0.25, 0.3) is 0 Å². The van der Waals surface area contributed by atoms with Gasteiger partial charge < -0.3 is 19.7 Å². The van der Waals surface area contributed by atoms with E-state index in [1.807, 2.05) is 37.1 Å². The van der Waals surface area contributed by atoms with Gasteiger partial charge in [-0.05, 0) is 31.7 Å². The number of hydrogen-bond donors (Lipinski definition) is 2. The first kappa shape index (κ1) is 14.1. The SMILES string of the molecule is COc1ccc([C@@H]2[C@H](O)[C@@H](O)[C@H](C)N2C)cc1OC. The maximum Gasteiger partial charge on any atom is 0.161 e. The highest BCUT2D eigenvalue weighted by molar-refractivity contribution is 5.44. The summed E-state index contributed by atoms with van der Waals surface area (Å²) in [6.45, 7) is 1.90. The summed E-state index contributed by atoms with van der Waals surface area (Å²) >= 11 is 0. The molecule has 2 rings (SSSR count). The Hall–Kier alpha value is -1.30.